The van der Waals surface area contributed by atoms with Gasteiger partial charge in [-0.15, -0.1) is 11.3 Å². The van der Waals surface area contributed by atoms with E-state index in [1.807, 2.05) is 85.6 Å². The number of thiophene rings is 1. The number of benzene rings is 2. The van der Waals surface area contributed by atoms with Crippen molar-refractivity contribution in [3.05, 3.63) is 81.5 Å². The molecule has 0 saturated carbocycles. The summed E-state index contributed by atoms with van der Waals surface area (Å²) in [6, 6.07) is 20.7. The Kier molecular flexibility index (Phi) is 7.09. The van der Waals surface area contributed by atoms with Crippen molar-refractivity contribution in [2.45, 2.75) is 19.5 Å². The standard InChI is InChI=1S/C22H23ClN2O2S/c1-3-27-19-12-8-7-11-18(19)24-22(26)21(16-9-5-4-6-10-16)25(2)15-17-13-14-20(23)28-17/h4-14,21H,3,15H2,1-2H3,(H,24,26)/t21-/m0/s1. The maximum Gasteiger partial charge on any atom is 0.246 e. The highest BCUT2D eigenvalue weighted by molar-refractivity contribution is 7.16. The molecule has 1 heterocycles. The van der Waals surface area contributed by atoms with Crippen molar-refractivity contribution in [2.75, 3.05) is 19.0 Å². The molecule has 1 N–H and O–H groups in total. The molecule has 1 aromatic heterocycles. The first kappa shape index (κ1) is 20.4. The summed E-state index contributed by atoms with van der Waals surface area (Å²) in [6.07, 6.45) is 0. The monoisotopic (exact) mass is 414 g/mol. The molecule has 6 heteroatoms. The van der Waals surface area contributed by atoms with Crippen molar-refractivity contribution < 1.29 is 9.53 Å². The van der Waals surface area contributed by atoms with Gasteiger partial charge in [0.25, 0.3) is 0 Å². The Hall–Kier alpha value is -2.34. The Labute approximate surface area is 174 Å². The van der Waals surface area contributed by atoms with Gasteiger partial charge in [-0.05, 0) is 43.8 Å². The normalized spacial score (nSPS) is 12.0. The molecule has 0 radical (unpaired) electrons. The third kappa shape index (κ3) is 5.13. The van der Waals surface area contributed by atoms with Crippen molar-refractivity contribution in [1.29, 1.82) is 0 Å². The quantitative estimate of drug-likeness (QED) is 0.520. The SMILES string of the molecule is CCOc1ccccc1NC(=O)[C@H](c1ccccc1)N(C)Cc1ccc(Cl)s1. The van der Waals surface area contributed by atoms with Gasteiger partial charge in [0.2, 0.25) is 5.91 Å². The van der Waals surface area contributed by atoms with Crippen LogP contribution in [0.5, 0.6) is 5.75 Å². The number of anilines is 1. The molecule has 1 atom stereocenters. The Balaban J connectivity index is 1.85. The summed E-state index contributed by atoms with van der Waals surface area (Å²) in [5, 5.41) is 3.04. The van der Waals surface area contributed by atoms with Crippen molar-refractivity contribution in [1.82, 2.24) is 4.90 Å². The van der Waals surface area contributed by atoms with Crippen molar-refractivity contribution >= 4 is 34.5 Å². The maximum atomic E-state index is 13.3. The van der Waals surface area contributed by atoms with Gasteiger partial charge in [0.15, 0.2) is 0 Å². The zero-order chi connectivity index (χ0) is 19.9. The van der Waals surface area contributed by atoms with E-state index in [0.717, 1.165) is 14.8 Å². The molecule has 3 aromatic rings. The number of nitrogens with zero attached hydrogens (tertiary/aromatic N) is 1. The third-order valence-corrected chi connectivity index (χ3v) is 5.50. The number of amides is 1. The molecule has 0 fully saturated rings. The minimum atomic E-state index is -0.447. The fourth-order valence-corrected chi connectivity index (χ4v) is 4.22. The molecule has 0 aliphatic rings. The number of nitrogens with one attached hydrogen (secondary N) is 1. The lowest BCUT2D eigenvalue weighted by molar-refractivity contribution is -0.121. The summed E-state index contributed by atoms with van der Waals surface area (Å²) in [7, 11) is 1.94. The van der Waals surface area contributed by atoms with E-state index in [2.05, 4.69) is 5.32 Å². The fraction of sp³-hybridized carbons (Fsp3) is 0.227. The van der Waals surface area contributed by atoms with E-state index in [9.17, 15) is 4.79 Å². The van der Waals surface area contributed by atoms with Crippen molar-refractivity contribution in [3.63, 3.8) is 0 Å². The average Bonchev–Trinajstić information content (AvgIpc) is 3.09. The summed E-state index contributed by atoms with van der Waals surface area (Å²) in [4.78, 5) is 16.4. The first-order chi connectivity index (χ1) is 13.6. The van der Waals surface area contributed by atoms with Crippen LogP contribution in [0.1, 0.15) is 23.4 Å². The average molecular weight is 415 g/mol. The molecule has 146 valence electrons. The Morgan fingerprint density at radius 1 is 1.11 bits per heavy atom. The molecule has 0 spiro atoms. The lowest BCUT2D eigenvalue weighted by Crippen LogP contribution is -2.34. The first-order valence-electron chi connectivity index (χ1n) is 9.10. The predicted octanol–water partition coefficient (Wildman–Crippen LogP) is 5.61. The number of rotatable bonds is 8. The van der Waals surface area contributed by atoms with E-state index in [1.165, 1.54) is 11.3 Å². The van der Waals surface area contributed by atoms with Crippen LogP contribution in [0, 0.1) is 0 Å². The van der Waals surface area contributed by atoms with Crippen molar-refractivity contribution in [3.8, 4) is 5.75 Å². The van der Waals surface area contributed by atoms with Gasteiger partial charge in [-0.2, -0.15) is 0 Å². The van der Waals surface area contributed by atoms with Gasteiger partial charge in [0.05, 0.1) is 16.6 Å². The van der Waals surface area contributed by atoms with Crippen LogP contribution in [0.15, 0.2) is 66.7 Å². The van der Waals surface area contributed by atoms with Crippen LogP contribution in [0.25, 0.3) is 0 Å². The topological polar surface area (TPSA) is 41.6 Å². The van der Waals surface area contributed by atoms with Crippen LogP contribution in [-0.4, -0.2) is 24.5 Å². The van der Waals surface area contributed by atoms with E-state index in [-0.39, 0.29) is 5.91 Å². The molecule has 0 aliphatic carbocycles. The van der Waals surface area contributed by atoms with Crippen molar-refractivity contribution in [2.24, 2.45) is 0 Å². The number of ether oxygens (including phenoxy) is 1. The molecular weight excluding hydrogens is 392 g/mol. The van der Waals surface area contributed by atoms with Gasteiger partial charge in [-0.25, -0.2) is 0 Å². The molecule has 3 rings (SSSR count). The van der Waals surface area contributed by atoms with Gasteiger partial charge in [0.1, 0.15) is 11.8 Å². The second-order valence-electron chi connectivity index (χ2n) is 6.35. The van der Waals surface area contributed by atoms with Crippen LogP contribution in [0.3, 0.4) is 0 Å². The summed E-state index contributed by atoms with van der Waals surface area (Å²) in [5.41, 5.74) is 1.60. The highest BCUT2D eigenvalue weighted by Crippen LogP contribution is 2.29. The largest absolute Gasteiger partial charge is 0.492 e. The number of carbonyl (C=O) groups excluding carboxylic acids is 1. The lowest BCUT2D eigenvalue weighted by atomic mass is 10.0. The van der Waals surface area contributed by atoms with E-state index in [4.69, 9.17) is 16.3 Å². The number of likely N-dealkylation sites (N-methyl/N-ethyl adjacent to an activating group) is 1. The zero-order valence-electron chi connectivity index (χ0n) is 15.9. The van der Waals surface area contributed by atoms with Crippen LogP contribution in [-0.2, 0) is 11.3 Å². The van der Waals surface area contributed by atoms with Gasteiger partial charge >= 0.3 is 0 Å². The molecule has 0 aliphatic heterocycles. The number of hydrogen-bond donors (Lipinski definition) is 1. The minimum absolute atomic E-state index is 0.108. The smallest absolute Gasteiger partial charge is 0.246 e. The van der Waals surface area contributed by atoms with Gasteiger partial charge in [-0.3, -0.25) is 9.69 Å². The predicted molar refractivity (Wildman–Crippen MR) is 116 cm³/mol. The molecule has 2 aromatic carbocycles. The summed E-state index contributed by atoms with van der Waals surface area (Å²) >= 11 is 7.59. The van der Waals surface area contributed by atoms with Gasteiger partial charge < -0.3 is 10.1 Å². The van der Waals surface area contributed by atoms with Crippen LogP contribution < -0.4 is 10.1 Å². The molecule has 0 saturated heterocycles. The number of hydrogen-bond acceptors (Lipinski definition) is 4. The first-order valence-corrected chi connectivity index (χ1v) is 10.3. The van der Waals surface area contributed by atoms with E-state index < -0.39 is 6.04 Å². The second-order valence-corrected chi connectivity index (χ2v) is 8.15. The molecule has 1 amide bonds. The molecule has 28 heavy (non-hydrogen) atoms. The van der Waals surface area contributed by atoms with Gasteiger partial charge in [-0.1, -0.05) is 54.1 Å². The fourth-order valence-electron chi connectivity index (χ4n) is 3.07. The van der Waals surface area contributed by atoms with E-state index in [1.54, 1.807) is 0 Å². The zero-order valence-corrected chi connectivity index (χ0v) is 17.5. The Bertz CT molecular complexity index is 914. The number of para-hydroxylation sites is 2. The summed E-state index contributed by atoms with van der Waals surface area (Å²) in [5.74, 6) is 0.557. The number of halogens is 1. The molecule has 0 unspecified atom stereocenters. The van der Waals surface area contributed by atoms with Crippen LogP contribution in [0.2, 0.25) is 4.34 Å². The number of carbonyl (C=O) groups is 1. The van der Waals surface area contributed by atoms with E-state index >= 15 is 0 Å². The Morgan fingerprint density at radius 3 is 2.50 bits per heavy atom. The van der Waals surface area contributed by atoms with Crippen LogP contribution >= 0.6 is 22.9 Å². The van der Waals surface area contributed by atoms with Crippen LogP contribution in [0.4, 0.5) is 5.69 Å². The molecule has 4 nitrogen and oxygen atoms in total. The molecule has 0 bridgehead atoms. The van der Waals surface area contributed by atoms with Gasteiger partial charge in [0, 0.05) is 11.4 Å². The summed E-state index contributed by atoms with van der Waals surface area (Å²) in [6.45, 7) is 3.08. The maximum absolute atomic E-state index is 13.3. The van der Waals surface area contributed by atoms with E-state index in [0.29, 0.717) is 24.6 Å². The highest BCUT2D eigenvalue weighted by Gasteiger charge is 2.26. The Morgan fingerprint density at radius 2 is 1.82 bits per heavy atom. The highest BCUT2D eigenvalue weighted by atomic mass is 35.5. The lowest BCUT2D eigenvalue weighted by Gasteiger charge is -2.27. The minimum Gasteiger partial charge on any atom is -0.492 e. The second kappa shape index (κ2) is 9.73. The third-order valence-electron chi connectivity index (χ3n) is 4.28. The molecular formula is C22H23ClN2O2S. The summed E-state index contributed by atoms with van der Waals surface area (Å²) < 4.78 is 6.39.